The number of nitrogen functional groups attached to an aromatic ring is 1. The number of nitrogens with one attached hydrogen (secondary N) is 1. The molecule has 2 rings (SSSR count). The van der Waals surface area contributed by atoms with Crippen LogP contribution in [-0.2, 0) is 10.0 Å². The monoisotopic (exact) mass is 312 g/mol. The number of rotatable bonds is 5. The predicted octanol–water partition coefficient (Wildman–Crippen LogP) is 1.08. The van der Waals surface area contributed by atoms with Crippen molar-refractivity contribution in [1.82, 2.24) is 9.21 Å². The zero-order valence-corrected chi connectivity index (χ0v) is 13.4. The van der Waals surface area contributed by atoms with Gasteiger partial charge in [0, 0.05) is 13.1 Å². The van der Waals surface area contributed by atoms with Gasteiger partial charge in [0.2, 0.25) is 10.0 Å². The summed E-state index contributed by atoms with van der Waals surface area (Å²) in [5.74, 6) is 5.42. The molecule has 1 aromatic rings. The largest absolute Gasteiger partial charge is 0.323 e. The van der Waals surface area contributed by atoms with E-state index in [4.69, 9.17) is 5.84 Å². The minimum atomic E-state index is -3.53. The molecular formula is C14H24N4O2S. The number of likely N-dealkylation sites (tertiary alicyclic amines) is 1. The minimum Gasteiger partial charge on any atom is -0.323 e. The van der Waals surface area contributed by atoms with E-state index in [0.29, 0.717) is 5.69 Å². The Hall–Kier alpha value is -1.15. The van der Waals surface area contributed by atoms with Crippen LogP contribution >= 0.6 is 0 Å². The van der Waals surface area contributed by atoms with Crippen LogP contribution in [0.4, 0.5) is 5.69 Å². The molecule has 1 heterocycles. The second-order valence-corrected chi connectivity index (χ2v) is 7.29. The summed E-state index contributed by atoms with van der Waals surface area (Å²) in [6.07, 6.45) is 1.73. The standard InChI is InChI=1S/C14H24N4O2S/c1-3-18-10-8-12(9-11-18)17(2)21(19,20)14-7-5-4-6-13(14)16-15/h4-7,12,16H,3,8-11,15H2,1-2H3. The smallest absolute Gasteiger partial charge is 0.245 e. The van der Waals surface area contributed by atoms with Crippen molar-refractivity contribution in [2.45, 2.75) is 30.7 Å². The van der Waals surface area contributed by atoms with Crippen LogP contribution in [0, 0.1) is 0 Å². The van der Waals surface area contributed by atoms with Crippen molar-refractivity contribution in [3.63, 3.8) is 0 Å². The molecule has 118 valence electrons. The van der Waals surface area contributed by atoms with E-state index in [0.717, 1.165) is 32.5 Å². The van der Waals surface area contributed by atoms with Crippen molar-refractivity contribution < 1.29 is 8.42 Å². The molecule has 0 atom stereocenters. The van der Waals surface area contributed by atoms with Gasteiger partial charge in [0.15, 0.2) is 0 Å². The third-order valence-corrected chi connectivity index (χ3v) is 6.19. The molecule has 0 radical (unpaired) electrons. The van der Waals surface area contributed by atoms with Gasteiger partial charge >= 0.3 is 0 Å². The highest BCUT2D eigenvalue weighted by molar-refractivity contribution is 7.89. The summed E-state index contributed by atoms with van der Waals surface area (Å²) in [5.41, 5.74) is 2.89. The Bertz CT molecular complexity index is 568. The summed E-state index contributed by atoms with van der Waals surface area (Å²) in [6, 6.07) is 6.77. The van der Waals surface area contributed by atoms with Crippen LogP contribution in [-0.4, -0.2) is 50.3 Å². The molecule has 6 nitrogen and oxygen atoms in total. The van der Waals surface area contributed by atoms with E-state index in [9.17, 15) is 8.42 Å². The Kier molecular flexibility index (Phi) is 5.21. The Morgan fingerprint density at radius 2 is 1.95 bits per heavy atom. The van der Waals surface area contributed by atoms with E-state index in [-0.39, 0.29) is 10.9 Å². The molecule has 1 aliphatic heterocycles. The van der Waals surface area contributed by atoms with E-state index in [1.54, 1.807) is 31.3 Å². The lowest BCUT2D eigenvalue weighted by Crippen LogP contribution is -2.45. The van der Waals surface area contributed by atoms with Crippen LogP contribution in [0.2, 0.25) is 0 Å². The molecule has 0 amide bonds. The number of piperidine rings is 1. The first-order valence-electron chi connectivity index (χ1n) is 7.26. The molecular weight excluding hydrogens is 288 g/mol. The highest BCUT2D eigenvalue weighted by Crippen LogP contribution is 2.27. The lowest BCUT2D eigenvalue weighted by atomic mass is 10.1. The van der Waals surface area contributed by atoms with Gasteiger partial charge in [-0.3, -0.25) is 5.84 Å². The van der Waals surface area contributed by atoms with Gasteiger partial charge in [-0.1, -0.05) is 19.1 Å². The highest BCUT2D eigenvalue weighted by Gasteiger charge is 2.31. The van der Waals surface area contributed by atoms with E-state index < -0.39 is 10.0 Å². The van der Waals surface area contributed by atoms with Crippen molar-refractivity contribution >= 4 is 15.7 Å². The van der Waals surface area contributed by atoms with Gasteiger partial charge in [-0.25, -0.2) is 8.42 Å². The van der Waals surface area contributed by atoms with Gasteiger partial charge in [-0.05, 0) is 44.6 Å². The van der Waals surface area contributed by atoms with Crippen LogP contribution in [0.15, 0.2) is 29.2 Å². The van der Waals surface area contributed by atoms with Gasteiger partial charge in [-0.15, -0.1) is 0 Å². The SMILES string of the molecule is CCN1CCC(N(C)S(=O)(=O)c2ccccc2NN)CC1. The van der Waals surface area contributed by atoms with Crippen LogP contribution in [0.3, 0.4) is 0 Å². The number of hydrazine groups is 1. The van der Waals surface area contributed by atoms with Gasteiger partial charge < -0.3 is 10.3 Å². The first-order valence-corrected chi connectivity index (χ1v) is 8.70. The molecule has 0 bridgehead atoms. The molecule has 0 saturated carbocycles. The normalized spacial score (nSPS) is 18.1. The lowest BCUT2D eigenvalue weighted by Gasteiger charge is -2.35. The number of nitrogens with zero attached hydrogens (tertiary/aromatic N) is 2. The summed E-state index contributed by atoms with van der Waals surface area (Å²) in [4.78, 5) is 2.57. The first kappa shape index (κ1) is 16.2. The van der Waals surface area contributed by atoms with Crippen molar-refractivity contribution in [3.05, 3.63) is 24.3 Å². The second-order valence-electron chi connectivity index (χ2n) is 5.33. The van der Waals surface area contributed by atoms with E-state index in [2.05, 4.69) is 17.2 Å². The number of benzene rings is 1. The van der Waals surface area contributed by atoms with Gasteiger partial charge in [0.1, 0.15) is 4.90 Å². The van der Waals surface area contributed by atoms with Crippen LogP contribution in [0.25, 0.3) is 0 Å². The fraction of sp³-hybridized carbons (Fsp3) is 0.571. The maximum Gasteiger partial charge on any atom is 0.245 e. The molecule has 1 fully saturated rings. The van der Waals surface area contributed by atoms with Gasteiger partial charge in [0.05, 0.1) is 5.69 Å². The first-order chi connectivity index (χ1) is 10.0. The third-order valence-electron chi connectivity index (χ3n) is 4.22. The van der Waals surface area contributed by atoms with Crippen molar-refractivity contribution in [3.8, 4) is 0 Å². The van der Waals surface area contributed by atoms with Gasteiger partial charge in [-0.2, -0.15) is 4.31 Å². The topological polar surface area (TPSA) is 78.7 Å². The molecule has 0 spiro atoms. The Morgan fingerprint density at radius 1 is 1.33 bits per heavy atom. The molecule has 1 aliphatic rings. The fourth-order valence-corrected chi connectivity index (χ4v) is 4.33. The molecule has 3 N–H and O–H groups in total. The number of sulfonamides is 1. The predicted molar refractivity (Wildman–Crippen MR) is 84.3 cm³/mol. The molecule has 0 aliphatic carbocycles. The summed E-state index contributed by atoms with van der Waals surface area (Å²) in [7, 11) is -1.87. The van der Waals surface area contributed by atoms with Crippen LogP contribution < -0.4 is 11.3 Å². The zero-order valence-electron chi connectivity index (χ0n) is 12.6. The maximum atomic E-state index is 12.8. The second kappa shape index (κ2) is 6.74. The zero-order chi connectivity index (χ0) is 15.5. The molecule has 21 heavy (non-hydrogen) atoms. The van der Waals surface area contributed by atoms with Crippen molar-refractivity contribution in [1.29, 1.82) is 0 Å². The number of para-hydroxylation sites is 1. The Morgan fingerprint density at radius 3 is 2.52 bits per heavy atom. The number of anilines is 1. The third kappa shape index (κ3) is 3.37. The van der Waals surface area contributed by atoms with E-state index in [1.165, 1.54) is 4.31 Å². The maximum absolute atomic E-state index is 12.8. The quantitative estimate of drug-likeness (QED) is 0.628. The number of hydrogen-bond donors (Lipinski definition) is 2. The number of nitrogens with two attached hydrogens (primary N) is 1. The molecule has 1 aromatic carbocycles. The van der Waals surface area contributed by atoms with E-state index >= 15 is 0 Å². The average Bonchev–Trinajstić information content (AvgIpc) is 2.54. The van der Waals surface area contributed by atoms with Gasteiger partial charge in [0.25, 0.3) is 0 Å². The van der Waals surface area contributed by atoms with Crippen molar-refractivity contribution in [2.24, 2.45) is 5.84 Å². The molecule has 0 aromatic heterocycles. The average molecular weight is 312 g/mol. The van der Waals surface area contributed by atoms with Crippen molar-refractivity contribution in [2.75, 3.05) is 32.1 Å². The lowest BCUT2D eigenvalue weighted by molar-refractivity contribution is 0.176. The van der Waals surface area contributed by atoms with Crippen LogP contribution in [0.1, 0.15) is 19.8 Å². The summed E-state index contributed by atoms with van der Waals surface area (Å²) < 4.78 is 27.1. The number of hydrogen-bond acceptors (Lipinski definition) is 5. The fourth-order valence-electron chi connectivity index (χ4n) is 2.76. The summed E-state index contributed by atoms with van der Waals surface area (Å²) in [5, 5.41) is 0. The minimum absolute atomic E-state index is 0.0450. The van der Waals surface area contributed by atoms with E-state index in [1.807, 2.05) is 0 Å². The highest BCUT2D eigenvalue weighted by atomic mass is 32.2. The summed E-state index contributed by atoms with van der Waals surface area (Å²) >= 11 is 0. The molecule has 7 heteroatoms. The Balaban J connectivity index is 2.19. The summed E-state index contributed by atoms with van der Waals surface area (Å²) in [6.45, 7) is 5.03. The molecule has 0 unspecified atom stereocenters. The molecule has 1 saturated heterocycles. The van der Waals surface area contributed by atoms with Crippen LogP contribution in [0.5, 0.6) is 0 Å². The Labute approximate surface area is 126 Å².